The van der Waals surface area contributed by atoms with Crippen LogP contribution >= 0.6 is 0 Å². The lowest BCUT2D eigenvalue weighted by atomic mass is 9.92. The molecule has 0 aromatic rings. The fourth-order valence-electron chi connectivity index (χ4n) is 0.987. The van der Waals surface area contributed by atoms with Gasteiger partial charge < -0.3 is 4.74 Å². The smallest absolute Gasteiger partial charge is 0.0494 e. The third kappa shape index (κ3) is 1.22. The molecule has 0 bridgehead atoms. The summed E-state index contributed by atoms with van der Waals surface area (Å²) in [7, 11) is 0. The van der Waals surface area contributed by atoms with Gasteiger partial charge in [0.25, 0.3) is 0 Å². The monoisotopic (exact) mass is 114 g/mol. The topological polar surface area (TPSA) is 9.23 Å². The zero-order valence-corrected chi connectivity index (χ0v) is 5.68. The number of rotatable bonds is 0. The summed E-state index contributed by atoms with van der Waals surface area (Å²) in [6.07, 6.45) is 1.25. The molecule has 0 radical (unpaired) electrons. The Kier molecular flexibility index (Phi) is 1.90. The van der Waals surface area contributed by atoms with Gasteiger partial charge in [-0.15, -0.1) is 0 Å². The molecule has 1 aliphatic rings. The standard InChI is InChI=1S/C7H14O/c1-6-3-4-8-5-7(6)2/h6-7H,3-5H2,1-2H3/t6-,7-/m0/s1. The molecule has 0 aliphatic carbocycles. The van der Waals surface area contributed by atoms with E-state index < -0.39 is 0 Å². The Labute approximate surface area is 51.0 Å². The van der Waals surface area contributed by atoms with Gasteiger partial charge in [0.15, 0.2) is 0 Å². The van der Waals surface area contributed by atoms with Crippen LogP contribution in [0.15, 0.2) is 0 Å². The highest BCUT2D eigenvalue weighted by Gasteiger charge is 2.16. The minimum absolute atomic E-state index is 0.781. The van der Waals surface area contributed by atoms with Gasteiger partial charge >= 0.3 is 0 Å². The van der Waals surface area contributed by atoms with Crippen LogP contribution < -0.4 is 0 Å². The van der Waals surface area contributed by atoms with E-state index in [2.05, 4.69) is 13.8 Å². The van der Waals surface area contributed by atoms with Crippen molar-refractivity contribution in [1.82, 2.24) is 0 Å². The summed E-state index contributed by atoms with van der Waals surface area (Å²) in [4.78, 5) is 0. The van der Waals surface area contributed by atoms with Gasteiger partial charge in [-0.2, -0.15) is 0 Å². The molecule has 48 valence electrons. The second-order valence-electron chi connectivity index (χ2n) is 2.82. The van der Waals surface area contributed by atoms with Gasteiger partial charge in [0, 0.05) is 13.2 Å². The van der Waals surface area contributed by atoms with Gasteiger partial charge in [-0.3, -0.25) is 0 Å². The number of hydrogen-bond donors (Lipinski definition) is 0. The summed E-state index contributed by atoms with van der Waals surface area (Å²) >= 11 is 0. The molecule has 1 saturated heterocycles. The predicted molar refractivity (Wildman–Crippen MR) is 33.8 cm³/mol. The van der Waals surface area contributed by atoms with Gasteiger partial charge in [0.05, 0.1) is 0 Å². The molecule has 0 amide bonds. The molecule has 1 heterocycles. The molecule has 1 heteroatoms. The van der Waals surface area contributed by atoms with E-state index in [1.807, 2.05) is 0 Å². The van der Waals surface area contributed by atoms with E-state index in [9.17, 15) is 0 Å². The highest BCUT2D eigenvalue weighted by molar-refractivity contribution is 4.64. The fourth-order valence-corrected chi connectivity index (χ4v) is 0.987. The van der Waals surface area contributed by atoms with Crippen molar-refractivity contribution in [2.45, 2.75) is 20.3 Å². The maximum atomic E-state index is 5.25. The van der Waals surface area contributed by atoms with E-state index in [0.29, 0.717) is 0 Å². The molecule has 8 heavy (non-hydrogen) atoms. The van der Waals surface area contributed by atoms with Crippen LogP contribution in [0.2, 0.25) is 0 Å². The van der Waals surface area contributed by atoms with Crippen LogP contribution in [0.1, 0.15) is 20.3 Å². The molecule has 0 unspecified atom stereocenters. The maximum absolute atomic E-state index is 5.25. The van der Waals surface area contributed by atoms with Gasteiger partial charge in [0.1, 0.15) is 0 Å². The zero-order chi connectivity index (χ0) is 5.98. The quantitative estimate of drug-likeness (QED) is 0.465. The first-order valence-corrected chi connectivity index (χ1v) is 3.38. The summed E-state index contributed by atoms with van der Waals surface area (Å²) < 4.78 is 5.25. The van der Waals surface area contributed by atoms with E-state index in [1.165, 1.54) is 6.42 Å². The second kappa shape index (κ2) is 2.49. The van der Waals surface area contributed by atoms with Crippen LogP contribution in [0.4, 0.5) is 0 Å². The van der Waals surface area contributed by atoms with Gasteiger partial charge in [-0.05, 0) is 18.3 Å². The zero-order valence-electron chi connectivity index (χ0n) is 5.68. The lowest BCUT2D eigenvalue weighted by Gasteiger charge is -2.24. The Balaban J connectivity index is 2.28. The molecule has 1 nitrogen and oxygen atoms in total. The third-order valence-electron chi connectivity index (χ3n) is 2.07. The first-order valence-electron chi connectivity index (χ1n) is 3.38. The summed E-state index contributed by atoms with van der Waals surface area (Å²) in [5, 5.41) is 0. The molecule has 1 rings (SSSR count). The molecule has 0 aromatic heterocycles. The summed E-state index contributed by atoms with van der Waals surface area (Å²) in [5.74, 6) is 1.66. The Hall–Kier alpha value is -0.0400. The van der Waals surface area contributed by atoms with Crippen molar-refractivity contribution in [1.29, 1.82) is 0 Å². The van der Waals surface area contributed by atoms with Crippen molar-refractivity contribution in [2.75, 3.05) is 13.2 Å². The molecular formula is C7H14O. The summed E-state index contributed by atoms with van der Waals surface area (Å²) in [6, 6.07) is 0. The third-order valence-corrected chi connectivity index (χ3v) is 2.07. The SMILES string of the molecule is C[C@H]1CCOC[C@@H]1C. The van der Waals surface area contributed by atoms with E-state index in [0.717, 1.165) is 25.0 Å². The fraction of sp³-hybridized carbons (Fsp3) is 1.00. The van der Waals surface area contributed by atoms with Gasteiger partial charge in [-0.25, -0.2) is 0 Å². The normalized spacial score (nSPS) is 39.8. The minimum Gasteiger partial charge on any atom is -0.381 e. The Morgan fingerprint density at radius 3 is 2.38 bits per heavy atom. The number of hydrogen-bond acceptors (Lipinski definition) is 1. The Morgan fingerprint density at radius 1 is 1.25 bits per heavy atom. The van der Waals surface area contributed by atoms with Crippen LogP contribution in [-0.4, -0.2) is 13.2 Å². The lowest BCUT2D eigenvalue weighted by Crippen LogP contribution is -2.22. The summed E-state index contributed by atoms with van der Waals surface area (Å²) in [5.41, 5.74) is 0. The minimum atomic E-state index is 0.781. The molecule has 1 fully saturated rings. The Bertz CT molecular complexity index is 60.8. The van der Waals surface area contributed by atoms with E-state index in [-0.39, 0.29) is 0 Å². The summed E-state index contributed by atoms with van der Waals surface area (Å²) in [6.45, 7) is 6.50. The van der Waals surface area contributed by atoms with Crippen molar-refractivity contribution in [3.05, 3.63) is 0 Å². The molecule has 0 N–H and O–H groups in total. The van der Waals surface area contributed by atoms with Crippen molar-refractivity contribution in [2.24, 2.45) is 11.8 Å². The van der Waals surface area contributed by atoms with Crippen LogP contribution in [0.5, 0.6) is 0 Å². The first-order chi connectivity index (χ1) is 3.80. The maximum Gasteiger partial charge on any atom is 0.0494 e. The Morgan fingerprint density at radius 2 is 2.00 bits per heavy atom. The van der Waals surface area contributed by atoms with Crippen LogP contribution in [-0.2, 0) is 4.74 Å². The molecule has 0 spiro atoms. The van der Waals surface area contributed by atoms with Crippen molar-refractivity contribution >= 4 is 0 Å². The predicted octanol–water partition coefficient (Wildman–Crippen LogP) is 1.68. The largest absolute Gasteiger partial charge is 0.381 e. The molecule has 1 aliphatic heterocycles. The van der Waals surface area contributed by atoms with Gasteiger partial charge in [0.2, 0.25) is 0 Å². The van der Waals surface area contributed by atoms with Crippen molar-refractivity contribution in [3.8, 4) is 0 Å². The van der Waals surface area contributed by atoms with Crippen LogP contribution in [0.25, 0.3) is 0 Å². The molecule has 2 atom stereocenters. The van der Waals surface area contributed by atoms with Crippen LogP contribution in [0, 0.1) is 11.8 Å². The lowest BCUT2D eigenvalue weighted by molar-refractivity contribution is 0.0303. The van der Waals surface area contributed by atoms with Crippen molar-refractivity contribution < 1.29 is 4.74 Å². The average Bonchev–Trinajstić information content (AvgIpc) is 1.77. The van der Waals surface area contributed by atoms with Gasteiger partial charge in [-0.1, -0.05) is 13.8 Å². The van der Waals surface area contributed by atoms with Crippen LogP contribution in [0.3, 0.4) is 0 Å². The first kappa shape index (κ1) is 6.09. The number of ether oxygens (including phenoxy) is 1. The average molecular weight is 114 g/mol. The second-order valence-corrected chi connectivity index (χ2v) is 2.82. The van der Waals surface area contributed by atoms with Crippen molar-refractivity contribution in [3.63, 3.8) is 0 Å². The van der Waals surface area contributed by atoms with E-state index >= 15 is 0 Å². The molecular weight excluding hydrogens is 100 g/mol. The highest BCUT2D eigenvalue weighted by Crippen LogP contribution is 2.19. The molecule has 0 aromatic carbocycles. The molecule has 0 saturated carbocycles. The highest BCUT2D eigenvalue weighted by atomic mass is 16.5. The van der Waals surface area contributed by atoms with E-state index in [1.54, 1.807) is 0 Å². The van der Waals surface area contributed by atoms with E-state index in [4.69, 9.17) is 4.74 Å².